The van der Waals surface area contributed by atoms with Crippen LogP contribution in [-0.2, 0) is 11.0 Å². The third-order valence-corrected chi connectivity index (χ3v) is 4.27. The number of nitrogens with two attached hydrogens (primary N) is 1. The van der Waals surface area contributed by atoms with Gasteiger partial charge < -0.3 is 15.7 Å². The fraction of sp³-hybridized carbons (Fsp3) is 0.467. The Balaban J connectivity index is 0.00000312. The molecule has 1 saturated heterocycles. The van der Waals surface area contributed by atoms with E-state index in [0.717, 1.165) is 17.0 Å². The Morgan fingerprint density at radius 2 is 1.88 bits per heavy atom. The molecule has 0 saturated carbocycles. The van der Waals surface area contributed by atoms with Crippen molar-refractivity contribution in [3.8, 4) is 0 Å². The molecule has 1 fully saturated rings. The lowest BCUT2D eigenvalue weighted by molar-refractivity contribution is -0.142. The Morgan fingerprint density at radius 3 is 2.44 bits per heavy atom. The van der Waals surface area contributed by atoms with Crippen LogP contribution in [0.25, 0.3) is 0 Å². The van der Waals surface area contributed by atoms with E-state index in [-0.39, 0.29) is 36.1 Å². The molecule has 0 aromatic heterocycles. The third-order valence-electron chi connectivity index (χ3n) is 3.94. The van der Waals surface area contributed by atoms with Crippen LogP contribution in [0.15, 0.2) is 18.2 Å². The first kappa shape index (κ1) is 21.5. The van der Waals surface area contributed by atoms with Crippen molar-refractivity contribution in [1.29, 1.82) is 0 Å². The fourth-order valence-corrected chi connectivity index (χ4v) is 2.82. The van der Waals surface area contributed by atoms with Gasteiger partial charge in [0.05, 0.1) is 22.1 Å². The lowest BCUT2D eigenvalue weighted by Crippen LogP contribution is -2.41. The number of benzene rings is 1. The van der Waals surface area contributed by atoms with Crippen molar-refractivity contribution in [2.75, 3.05) is 13.1 Å². The lowest BCUT2D eigenvalue weighted by Gasteiger charge is -2.25. The molecule has 140 valence electrons. The van der Waals surface area contributed by atoms with Gasteiger partial charge in [-0.2, -0.15) is 13.2 Å². The molecular formula is C15H17Cl2F3N2O3. The number of alkyl halides is 3. The highest BCUT2D eigenvalue weighted by atomic mass is 35.5. The maximum atomic E-state index is 12.8. The lowest BCUT2D eigenvalue weighted by atomic mass is 10.0. The summed E-state index contributed by atoms with van der Waals surface area (Å²) in [7, 11) is 0. The average Bonchev–Trinajstić information content (AvgIpc) is 2.68. The molecule has 1 heterocycles. The average molecular weight is 401 g/mol. The van der Waals surface area contributed by atoms with Gasteiger partial charge in [0.1, 0.15) is 0 Å². The van der Waals surface area contributed by atoms with Crippen molar-refractivity contribution in [3.05, 3.63) is 34.3 Å². The van der Waals surface area contributed by atoms with Gasteiger partial charge in [-0.1, -0.05) is 11.6 Å². The third kappa shape index (κ3) is 5.23. The second-order valence-corrected chi connectivity index (χ2v) is 6.18. The first-order chi connectivity index (χ1) is 11.1. The summed E-state index contributed by atoms with van der Waals surface area (Å²) in [5.41, 5.74) is 4.53. The monoisotopic (exact) mass is 400 g/mol. The van der Waals surface area contributed by atoms with Gasteiger partial charge in [-0.25, -0.2) is 0 Å². The summed E-state index contributed by atoms with van der Waals surface area (Å²) in [6.07, 6.45) is -3.90. The highest BCUT2D eigenvalue weighted by molar-refractivity contribution is 6.33. The van der Waals surface area contributed by atoms with Gasteiger partial charge in [-0.05, 0) is 31.0 Å². The SMILES string of the molecule is Cl.N[C@@H]1CC[C@H](C(=O)O)CN(C(=O)c2cc(C(F)(F)F)ccc2Cl)C1. The number of hydrogen-bond acceptors (Lipinski definition) is 3. The van der Waals surface area contributed by atoms with Crippen LogP contribution in [0.1, 0.15) is 28.8 Å². The Bertz CT molecular complexity index is 655. The van der Waals surface area contributed by atoms with Gasteiger partial charge in [-0.15, -0.1) is 12.4 Å². The molecule has 1 aliphatic heterocycles. The summed E-state index contributed by atoms with van der Waals surface area (Å²) in [5, 5.41) is 9.04. The molecule has 5 nitrogen and oxygen atoms in total. The molecule has 1 aromatic rings. The van der Waals surface area contributed by atoms with Gasteiger partial charge in [0.15, 0.2) is 0 Å². The summed E-state index contributed by atoms with van der Waals surface area (Å²) in [6, 6.07) is 2.02. The van der Waals surface area contributed by atoms with Gasteiger partial charge in [0, 0.05) is 19.1 Å². The van der Waals surface area contributed by atoms with E-state index in [2.05, 4.69) is 0 Å². The van der Waals surface area contributed by atoms with Crippen molar-refractivity contribution < 1.29 is 27.9 Å². The predicted molar refractivity (Wildman–Crippen MR) is 87.9 cm³/mol. The van der Waals surface area contributed by atoms with Gasteiger partial charge in [-0.3, -0.25) is 9.59 Å². The number of likely N-dealkylation sites (tertiary alicyclic amines) is 1. The first-order valence-corrected chi connectivity index (χ1v) is 7.61. The van der Waals surface area contributed by atoms with Gasteiger partial charge in [0.25, 0.3) is 5.91 Å². The van der Waals surface area contributed by atoms with Crippen LogP contribution in [0, 0.1) is 5.92 Å². The molecule has 0 spiro atoms. The highest BCUT2D eigenvalue weighted by Crippen LogP contribution is 2.32. The van der Waals surface area contributed by atoms with Crippen molar-refractivity contribution >= 4 is 35.9 Å². The second kappa shape index (κ2) is 8.25. The van der Waals surface area contributed by atoms with E-state index >= 15 is 0 Å². The molecule has 0 unspecified atom stereocenters. The predicted octanol–water partition coefficient (Wildman–Crippen LogP) is 3.04. The molecule has 1 amide bonds. The summed E-state index contributed by atoms with van der Waals surface area (Å²) in [6.45, 7) is -0.0520. The van der Waals surface area contributed by atoms with Gasteiger partial charge >= 0.3 is 12.1 Å². The largest absolute Gasteiger partial charge is 0.481 e. The number of carboxylic acids is 1. The number of carboxylic acid groups (broad SMARTS) is 1. The zero-order valence-electron chi connectivity index (χ0n) is 12.9. The van der Waals surface area contributed by atoms with Crippen LogP contribution in [0.4, 0.5) is 13.2 Å². The van der Waals surface area contributed by atoms with E-state index in [0.29, 0.717) is 18.9 Å². The number of carbonyl (C=O) groups is 2. The minimum Gasteiger partial charge on any atom is -0.481 e. The topological polar surface area (TPSA) is 83.6 Å². The van der Waals surface area contributed by atoms with Crippen LogP contribution < -0.4 is 5.73 Å². The summed E-state index contributed by atoms with van der Waals surface area (Å²) >= 11 is 5.87. The fourth-order valence-electron chi connectivity index (χ4n) is 2.62. The number of nitrogens with zero attached hydrogens (tertiary/aromatic N) is 1. The summed E-state index contributed by atoms with van der Waals surface area (Å²) < 4.78 is 38.5. The van der Waals surface area contributed by atoms with E-state index in [9.17, 15) is 27.9 Å². The smallest absolute Gasteiger partial charge is 0.416 e. The Hall–Kier alpha value is -1.51. The maximum absolute atomic E-state index is 12.8. The molecule has 3 N–H and O–H groups in total. The van der Waals surface area contributed by atoms with Crippen LogP contribution in [0.2, 0.25) is 5.02 Å². The van der Waals surface area contributed by atoms with Crippen molar-refractivity contribution in [2.24, 2.45) is 11.7 Å². The second-order valence-electron chi connectivity index (χ2n) is 5.78. The van der Waals surface area contributed by atoms with E-state index in [4.69, 9.17) is 17.3 Å². The first-order valence-electron chi connectivity index (χ1n) is 7.24. The molecule has 2 rings (SSSR count). The standard InChI is InChI=1S/C15H16ClF3N2O3.ClH/c16-12-4-2-9(15(17,18)19)5-11(12)13(22)21-6-8(14(23)24)1-3-10(20)7-21;/h2,4-5,8,10H,1,3,6-7,20H2,(H,23,24);1H/t8-,10+;/m0./s1. The van der Waals surface area contributed by atoms with Gasteiger partial charge in [0.2, 0.25) is 0 Å². The molecule has 0 bridgehead atoms. The van der Waals surface area contributed by atoms with Crippen molar-refractivity contribution in [3.63, 3.8) is 0 Å². The van der Waals surface area contributed by atoms with Crippen LogP contribution >= 0.6 is 24.0 Å². The number of aliphatic carboxylic acids is 1. The molecule has 10 heteroatoms. The number of hydrogen-bond donors (Lipinski definition) is 2. The van der Waals surface area contributed by atoms with Crippen LogP contribution in [0.3, 0.4) is 0 Å². The Labute approximate surface area is 153 Å². The number of rotatable bonds is 2. The van der Waals surface area contributed by atoms with E-state index < -0.39 is 35.6 Å². The maximum Gasteiger partial charge on any atom is 0.416 e. The molecule has 2 atom stereocenters. The van der Waals surface area contributed by atoms with E-state index in [1.807, 2.05) is 0 Å². The number of halogens is 5. The Morgan fingerprint density at radius 1 is 1.24 bits per heavy atom. The van der Waals surface area contributed by atoms with Crippen LogP contribution in [-0.4, -0.2) is 41.0 Å². The molecular weight excluding hydrogens is 384 g/mol. The molecule has 1 aliphatic rings. The number of carbonyl (C=O) groups excluding carboxylic acids is 1. The summed E-state index contributed by atoms with van der Waals surface area (Å²) in [5.74, 6) is -2.64. The van der Waals surface area contributed by atoms with E-state index in [1.54, 1.807) is 0 Å². The quantitative estimate of drug-likeness (QED) is 0.798. The molecule has 0 radical (unpaired) electrons. The van der Waals surface area contributed by atoms with Crippen molar-refractivity contribution in [1.82, 2.24) is 4.90 Å². The molecule has 0 aliphatic carbocycles. The molecule has 25 heavy (non-hydrogen) atoms. The Kier molecular flexibility index (Phi) is 7.10. The normalized spacial score (nSPS) is 21.2. The minimum atomic E-state index is -4.61. The van der Waals surface area contributed by atoms with Crippen LogP contribution in [0.5, 0.6) is 0 Å². The molecule has 1 aromatic carbocycles. The minimum absolute atomic E-state index is 0. The zero-order valence-corrected chi connectivity index (χ0v) is 14.5. The zero-order chi connectivity index (χ0) is 18.1. The highest BCUT2D eigenvalue weighted by Gasteiger charge is 2.34. The number of amides is 1. The summed E-state index contributed by atoms with van der Waals surface area (Å²) in [4.78, 5) is 25.0. The van der Waals surface area contributed by atoms with E-state index in [1.165, 1.54) is 0 Å². The van der Waals surface area contributed by atoms with Crippen molar-refractivity contribution in [2.45, 2.75) is 25.1 Å².